The van der Waals surface area contributed by atoms with Crippen LogP contribution in [0.1, 0.15) is 24.7 Å². The molecule has 98 valence electrons. The maximum Gasteiger partial charge on any atom is 0.233 e. The lowest BCUT2D eigenvalue weighted by molar-refractivity contribution is 0.606. The van der Waals surface area contributed by atoms with Gasteiger partial charge < -0.3 is 5.73 Å². The van der Waals surface area contributed by atoms with Crippen molar-refractivity contribution in [3.8, 4) is 0 Å². The Bertz CT molecular complexity index is 664. The number of imidazole rings is 1. The van der Waals surface area contributed by atoms with Gasteiger partial charge in [0.25, 0.3) is 0 Å². The van der Waals surface area contributed by atoms with E-state index in [-0.39, 0.29) is 0 Å². The molecule has 3 rings (SSSR count). The molecule has 0 aliphatic carbocycles. The van der Waals surface area contributed by atoms with Crippen molar-refractivity contribution in [2.75, 3.05) is 5.73 Å². The summed E-state index contributed by atoms with van der Waals surface area (Å²) in [5, 5.41) is 8.00. The van der Waals surface area contributed by atoms with E-state index in [1.807, 2.05) is 22.9 Å². The van der Waals surface area contributed by atoms with Crippen molar-refractivity contribution in [2.24, 2.45) is 0 Å². The molecule has 0 saturated carbocycles. The summed E-state index contributed by atoms with van der Waals surface area (Å²) < 4.78 is 3.69. The highest BCUT2D eigenvalue weighted by molar-refractivity contribution is 5.34. The average molecular weight is 257 g/mol. The van der Waals surface area contributed by atoms with Gasteiger partial charge in [-0.25, -0.2) is 14.6 Å². The summed E-state index contributed by atoms with van der Waals surface area (Å²) in [4.78, 5) is 8.63. The summed E-state index contributed by atoms with van der Waals surface area (Å²) >= 11 is 0. The number of nitrogens with two attached hydrogens (primary N) is 1. The molecular weight excluding hydrogens is 242 g/mol. The molecule has 0 aliphatic rings. The van der Waals surface area contributed by atoms with Crippen LogP contribution in [0.3, 0.4) is 0 Å². The number of nitrogens with zero attached hydrogens (tertiary/aromatic N) is 6. The molecule has 0 atom stereocenters. The Morgan fingerprint density at radius 1 is 1.37 bits per heavy atom. The molecule has 0 aliphatic heterocycles. The van der Waals surface area contributed by atoms with Gasteiger partial charge in [0.05, 0.1) is 17.9 Å². The Labute approximate surface area is 110 Å². The van der Waals surface area contributed by atoms with E-state index in [9.17, 15) is 0 Å². The number of hydrogen-bond donors (Lipinski definition) is 1. The lowest BCUT2D eigenvalue weighted by atomic mass is 10.2. The Hall–Kier alpha value is -2.44. The van der Waals surface area contributed by atoms with E-state index in [1.54, 1.807) is 10.9 Å². The zero-order valence-electron chi connectivity index (χ0n) is 10.7. The second-order valence-corrected chi connectivity index (χ2v) is 4.39. The van der Waals surface area contributed by atoms with Crippen LogP contribution in [0.2, 0.25) is 0 Å². The molecule has 3 aromatic heterocycles. The van der Waals surface area contributed by atoms with Gasteiger partial charge in [0, 0.05) is 18.6 Å². The van der Waals surface area contributed by atoms with E-state index in [2.05, 4.69) is 27.2 Å². The number of fused-ring (bicyclic) bond motifs is 1. The Balaban J connectivity index is 1.92. The number of anilines is 1. The Kier molecular flexibility index (Phi) is 2.86. The average Bonchev–Trinajstić information content (AvgIpc) is 2.96. The maximum atomic E-state index is 5.82. The molecule has 3 aromatic rings. The number of hydrogen-bond acceptors (Lipinski definition) is 5. The molecule has 2 N–H and O–H groups in total. The van der Waals surface area contributed by atoms with Crippen molar-refractivity contribution in [3.05, 3.63) is 36.0 Å². The topological polar surface area (TPSA) is 86.9 Å². The minimum Gasteiger partial charge on any atom is -0.381 e. The van der Waals surface area contributed by atoms with E-state index in [0.29, 0.717) is 18.1 Å². The van der Waals surface area contributed by atoms with Crippen molar-refractivity contribution in [3.63, 3.8) is 0 Å². The van der Waals surface area contributed by atoms with E-state index in [1.165, 1.54) is 0 Å². The zero-order valence-corrected chi connectivity index (χ0v) is 10.7. The van der Waals surface area contributed by atoms with Gasteiger partial charge in [-0.3, -0.25) is 4.40 Å². The molecule has 7 heteroatoms. The molecular formula is C12H15N7. The molecule has 3 heterocycles. The van der Waals surface area contributed by atoms with Crippen LogP contribution in [0.5, 0.6) is 0 Å². The van der Waals surface area contributed by atoms with Crippen LogP contribution < -0.4 is 5.73 Å². The minimum absolute atomic E-state index is 0.503. The van der Waals surface area contributed by atoms with Crippen molar-refractivity contribution >= 4 is 11.6 Å². The predicted octanol–water partition coefficient (Wildman–Crippen LogP) is 0.904. The van der Waals surface area contributed by atoms with Gasteiger partial charge in [-0.1, -0.05) is 18.6 Å². The van der Waals surface area contributed by atoms with E-state index >= 15 is 0 Å². The second kappa shape index (κ2) is 4.68. The zero-order chi connectivity index (χ0) is 13.2. The maximum absolute atomic E-state index is 5.82. The third-order valence-electron chi connectivity index (χ3n) is 2.95. The fourth-order valence-corrected chi connectivity index (χ4v) is 2.08. The van der Waals surface area contributed by atoms with Crippen molar-refractivity contribution < 1.29 is 0 Å². The fraction of sp³-hybridized carbons (Fsp3) is 0.333. The van der Waals surface area contributed by atoms with Gasteiger partial charge in [-0.15, -0.1) is 5.10 Å². The summed E-state index contributed by atoms with van der Waals surface area (Å²) in [5.41, 5.74) is 7.68. The van der Waals surface area contributed by atoms with Crippen LogP contribution in [0, 0.1) is 0 Å². The first-order chi connectivity index (χ1) is 9.28. The van der Waals surface area contributed by atoms with Gasteiger partial charge in [0.2, 0.25) is 5.78 Å². The Morgan fingerprint density at radius 2 is 2.26 bits per heavy atom. The van der Waals surface area contributed by atoms with Crippen LogP contribution in [0.4, 0.5) is 5.82 Å². The van der Waals surface area contributed by atoms with Crippen LogP contribution in [0.15, 0.2) is 24.7 Å². The monoisotopic (exact) mass is 257 g/mol. The van der Waals surface area contributed by atoms with E-state index < -0.39 is 0 Å². The van der Waals surface area contributed by atoms with Gasteiger partial charge >= 0.3 is 0 Å². The van der Waals surface area contributed by atoms with Crippen molar-refractivity contribution in [1.82, 2.24) is 29.4 Å². The van der Waals surface area contributed by atoms with Gasteiger partial charge in [-0.2, -0.15) is 0 Å². The highest BCUT2D eigenvalue weighted by Crippen LogP contribution is 2.12. The quantitative estimate of drug-likeness (QED) is 0.750. The minimum atomic E-state index is 0.503. The van der Waals surface area contributed by atoms with Crippen molar-refractivity contribution in [2.45, 2.75) is 26.3 Å². The lowest BCUT2D eigenvalue weighted by Crippen LogP contribution is -2.07. The summed E-state index contributed by atoms with van der Waals surface area (Å²) in [6, 6.07) is 1.87. The summed E-state index contributed by atoms with van der Waals surface area (Å²) in [6.45, 7) is 2.66. The third-order valence-corrected chi connectivity index (χ3v) is 2.95. The molecule has 0 fully saturated rings. The fourth-order valence-electron chi connectivity index (χ4n) is 2.08. The van der Waals surface area contributed by atoms with Gasteiger partial charge in [0.15, 0.2) is 5.82 Å². The second-order valence-electron chi connectivity index (χ2n) is 4.39. The largest absolute Gasteiger partial charge is 0.381 e. The first kappa shape index (κ1) is 11.6. The molecule has 0 aromatic carbocycles. The number of rotatable bonds is 4. The Morgan fingerprint density at radius 3 is 3.05 bits per heavy atom. The SMILES string of the molecule is CCCc1c(N)nnn1Cc1cn2cccnc2n1. The molecule has 0 bridgehead atoms. The normalized spacial score (nSPS) is 11.2. The highest BCUT2D eigenvalue weighted by atomic mass is 15.4. The van der Waals surface area contributed by atoms with Crippen molar-refractivity contribution in [1.29, 1.82) is 0 Å². The first-order valence-corrected chi connectivity index (χ1v) is 6.24. The standard InChI is InChI=1S/C12H15N7/c1-2-4-10-11(13)16-17-19(10)8-9-7-18-6-3-5-14-12(18)15-9/h3,5-7H,2,4,8,13H2,1H3. The van der Waals surface area contributed by atoms with E-state index in [4.69, 9.17) is 5.73 Å². The first-order valence-electron chi connectivity index (χ1n) is 6.24. The van der Waals surface area contributed by atoms with Crippen LogP contribution in [-0.4, -0.2) is 29.4 Å². The van der Waals surface area contributed by atoms with Gasteiger partial charge in [-0.05, 0) is 12.5 Å². The predicted molar refractivity (Wildman–Crippen MR) is 70.5 cm³/mol. The summed E-state index contributed by atoms with van der Waals surface area (Å²) in [6.07, 6.45) is 7.45. The van der Waals surface area contributed by atoms with E-state index in [0.717, 1.165) is 24.2 Å². The smallest absolute Gasteiger partial charge is 0.233 e. The highest BCUT2D eigenvalue weighted by Gasteiger charge is 2.11. The van der Waals surface area contributed by atoms with Crippen LogP contribution >= 0.6 is 0 Å². The molecule has 19 heavy (non-hydrogen) atoms. The molecule has 0 radical (unpaired) electrons. The molecule has 0 unspecified atom stereocenters. The summed E-state index contributed by atoms with van der Waals surface area (Å²) in [5.74, 6) is 1.19. The molecule has 0 amide bonds. The number of aromatic nitrogens is 6. The molecule has 0 spiro atoms. The molecule has 0 saturated heterocycles. The van der Waals surface area contributed by atoms with Crippen LogP contribution in [-0.2, 0) is 13.0 Å². The summed E-state index contributed by atoms with van der Waals surface area (Å²) in [7, 11) is 0. The number of nitrogen functional groups attached to an aromatic ring is 1. The van der Waals surface area contributed by atoms with Crippen LogP contribution in [0.25, 0.3) is 5.78 Å². The molecule has 7 nitrogen and oxygen atoms in total. The lowest BCUT2D eigenvalue weighted by Gasteiger charge is -2.03. The van der Waals surface area contributed by atoms with Gasteiger partial charge in [0.1, 0.15) is 0 Å². The third kappa shape index (κ3) is 2.14.